The first kappa shape index (κ1) is 11.4. The van der Waals surface area contributed by atoms with Gasteiger partial charge in [0, 0.05) is 30.1 Å². The van der Waals surface area contributed by atoms with Gasteiger partial charge in [0.15, 0.2) is 0 Å². The smallest absolute Gasteiger partial charge is 0.123 e. The van der Waals surface area contributed by atoms with Gasteiger partial charge in [-0.2, -0.15) is 0 Å². The van der Waals surface area contributed by atoms with Crippen LogP contribution in [-0.4, -0.2) is 25.7 Å². The lowest BCUT2D eigenvalue weighted by Gasteiger charge is -2.27. The van der Waals surface area contributed by atoms with E-state index in [4.69, 9.17) is 10.5 Å². The number of nitrogens with two attached hydrogens (primary N) is 1. The number of hydrogen-bond donors (Lipinski definition) is 2. The van der Waals surface area contributed by atoms with Gasteiger partial charge in [-0.3, -0.25) is 0 Å². The van der Waals surface area contributed by atoms with Crippen molar-refractivity contribution >= 4 is 0 Å². The van der Waals surface area contributed by atoms with Crippen LogP contribution in [0.4, 0.5) is 4.39 Å². The lowest BCUT2D eigenvalue weighted by molar-refractivity contribution is 0.390. The average Bonchev–Trinajstić information content (AvgIpc) is 2.58. The van der Waals surface area contributed by atoms with E-state index in [1.54, 1.807) is 13.2 Å². The number of methoxy groups -OCH3 is 1. The topological polar surface area (TPSA) is 47.3 Å². The Morgan fingerprint density at radius 2 is 2.31 bits per heavy atom. The average molecular weight is 224 g/mol. The highest BCUT2D eigenvalue weighted by molar-refractivity contribution is 5.40. The Labute approximate surface area is 94.8 Å². The minimum Gasteiger partial charge on any atom is -0.496 e. The Bertz CT molecular complexity index is 393. The fraction of sp³-hybridized carbons (Fsp3) is 0.500. The van der Waals surface area contributed by atoms with Gasteiger partial charge >= 0.3 is 0 Å². The van der Waals surface area contributed by atoms with Crippen LogP contribution in [0.25, 0.3) is 0 Å². The number of halogens is 1. The van der Waals surface area contributed by atoms with Crippen LogP contribution in [0.1, 0.15) is 18.4 Å². The van der Waals surface area contributed by atoms with E-state index in [2.05, 4.69) is 5.32 Å². The molecule has 88 valence electrons. The molecule has 1 aliphatic heterocycles. The van der Waals surface area contributed by atoms with Crippen molar-refractivity contribution in [2.75, 3.05) is 20.2 Å². The highest BCUT2D eigenvalue weighted by Gasteiger charge is 2.37. The third-order valence-electron chi connectivity index (χ3n) is 3.22. The van der Waals surface area contributed by atoms with Gasteiger partial charge in [-0.1, -0.05) is 0 Å². The molecule has 1 aliphatic rings. The summed E-state index contributed by atoms with van der Waals surface area (Å²) in [6.45, 7) is 3.46. The van der Waals surface area contributed by atoms with Crippen molar-refractivity contribution in [1.82, 2.24) is 5.32 Å². The van der Waals surface area contributed by atoms with E-state index < -0.39 is 0 Å². The second kappa shape index (κ2) is 4.03. The van der Waals surface area contributed by atoms with Crippen molar-refractivity contribution in [3.8, 4) is 5.75 Å². The van der Waals surface area contributed by atoms with Crippen LogP contribution in [0.3, 0.4) is 0 Å². The SMILES string of the molecule is COc1ccc(F)cc1C1CNCC1(C)N. The molecule has 3 nitrogen and oxygen atoms in total. The van der Waals surface area contributed by atoms with E-state index in [-0.39, 0.29) is 17.3 Å². The molecule has 4 heteroatoms. The van der Waals surface area contributed by atoms with Crippen molar-refractivity contribution in [1.29, 1.82) is 0 Å². The monoisotopic (exact) mass is 224 g/mol. The fourth-order valence-corrected chi connectivity index (χ4v) is 2.28. The Morgan fingerprint density at radius 3 is 2.88 bits per heavy atom. The lowest BCUT2D eigenvalue weighted by atomic mass is 9.84. The summed E-state index contributed by atoms with van der Waals surface area (Å²) in [4.78, 5) is 0. The highest BCUT2D eigenvalue weighted by atomic mass is 19.1. The summed E-state index contributed by atoms with van der Waals surface area (Å²) in [5.74, 6) is 0.531. The number of ether oxygens (including phenoxy) is 1. The first-order valence-electron chi connectivity index (χ1n) is 5.37. The molecule has 1 aromatic rings. The van der Waals surface area contributed by atoms with Crippen LogP contribution in [0, 0.1) is 5.82 Å². The van der Waals surface area contributed by atoms with Gasteiger partial charge in [-0.05, 0) is 25.1 Å². The predicted octanol–water partition coefficient (Wildman–Crippen LogP) is 1.24. The van der Waals surface area contributed by atoms with E-state index in [1.165, 1.54) is 12.1 Å². The third-order valence-corrected chi connectivity index (χ3v) is 3.22. The van der Waals surface area contributed by atoms with E-state index in [1.807, 2.05) is 6.92 Å². The van der Waals surface area contributed by atoms with Gasteiger partial charge in [0.1, 0.15) is 11.6 Å². The molecule has 0 spiro atoms. The van der Waals surface area contributed by atoms with Crippen molar-refractivity contribution in [3.05, 3.63) is 29.6 Å². The molecule has 0 aliphatic carbocycles. The molecule has 1 saturated heterocycles. The second-order valence-corrected chi connectivity index (χ2v) is 4.58. The molecule has 0 aromatic heterocycles. The predicted molar refractivity (Wildman–Crippen MR) is 61.2 cm³/mol. The van der Waals surface area contributed by atoms with E-state index in [9.17, 15) is 4.39 Å². The largest absolute Gasteiger partial charge is 0.496 e. The van der Waals surface area contributed by atoms with Crippen molar-refractivity contribution in [2.24, 2.45) is 5.73 Å². The summed E-state index contributed by atoms with van der Waals surface area (Å²) in [6, 6.07) is 4.57. The number of benzene rings is 1. The third kappa shape index (κ3) is 1.90. The summed E-state index contributed by atoms with van der Waals surface area (Å²) in [5, 5.41) is 3.23. The van der Waals surface area contributed by atoms with Gasteiger partial charge in [0.05, 0.1) is 7.11 Å². The summed E-state index contributed by atoms with van der Waals surface area (Å²) >= 11 is 0. The zero-order valence-corrected chi connectivity index (χ0v) is 9.59. The molecule has 2 atom stereocenters. The first-order chi connectivity index (χ1) is 7.54. The summed E-state index contributed by atoms with van der Waals surface area (Å²) < 4.78 is 18.5. The van der Waals surface area contributed by atoms with Crippen LogP contribution in [0.5, 0.6) is 5.75 Å². The quantitative estimate of drug-likeness (QED) is 0.794. The highest BCUT2D eigenvalue weighted by Crippen LogP contribution is 2.35. The normalized spacial score (nSPS) is 29.4. The zero-order chi connectivity index (χ0) is 11.8. The Balaban J connectivity index is 2.42. The Morgan fingerprint density at radius 1 is 1.56 bits per heavy atom. The van der Waals surface area contributed by atoms with Crippen LogP contribution in [0.2, 0.25) is 0 Å². The standard InChI is InChI=1S/C12H17FN2O/c1-12(14)7-15-6-10(12)9-5-8(13)3-4-11(9)16-2/h3-5,10,15H,6-7,14H2,1-2H3. The van der Waals surface area contributed by atoms with Crippen LogP contribution >= 0.6 is 0 Å². The van der Waals surface area contributed by atoms with Gasteiger partial charge < -0.3 is 15.8 Å². The fourth-order valence-electron chi connectivity index (χ4n) is 2.28. The van der Waals surface area contributed by atoms with Crippen molar-refractivity contribution < 1.29 is 9.13 Å². The first-order valence-corrected chi connectivity index (χ1v) is 5.37. The second-order valence-electron chi connectivity index (χ2n) is 4.58. The summed E-state index contributed by atoms with van der Waals surface area (Å²) in [5.41, 5.74) is 6.67. The Hall–Kier alpha value is -1.13. The van der Waals surface area contributed by atoms with E-state index in [0.717, 1.165) is 18.7 Å². The minimum absolute atomic E-state index is 0.0816. The van der Waals surface area contributed by atoms with Crippen molar-refractivity contribution in [3.63, 3.8) is 0 Å². The van der Waals surface area contributed by atoms with Gasteiger partial charge in [-0.25, -0.2) is 4.39 Å². The number of nitrogens with one attached hydrogen (secondary N) is 1. The molecule has 2 rings (SSSR count). The molecule has 0 amide bonds. The summed E-state index contributed by atoms with van der Waals surface area (Å²) in [7, 11) is 1.59. The molecule has 0 radical (unpaired) electrons. The molecule has 0 bridgehead atoms. The van der Waals surface area contributed by atoms with Crippen LogP contribution in [0.15, 0.2) is 18.2 Å². The Kier molecular flexibility index (Phi) is 2.86. The molecular formula is C12H17FN2O. The maximum Gasteiger partial charge on any atom is 0.123 e. The van der Waals surface area contributed by atoms with Gasteiger partial charge in [-0.15, -0.1) is 0 Å². The van der Waals surface area contributed by atoms with Gasteiger partial charge in [0.25, 0.3) is 0 Å². The molecule has 1 heterocycles. The van der Waals surface area contributed by atoms with E-state index >= 15 is 0 Å². The van der Waals surface area contributed by atoms with Crippen LogP contribution < -0.4 is 15.8 Å². The maximum absolute atomic E-state index is 13.3. The minimum atomic E-state index is -0.360. The molecule has 1 fully saturated rings. The molecule has 3 N–H and O–H groups in total. The van der Waals surface area contributed by atoms with E-state index in [0.29, 0.717) is 5.75 Å². The van der Waals surface area contributed by atoms with Crippen molar-refractivity contribution in [2.45, 2.75) is 18.4 Å². The molecule has 0 saturated carbocycles. The molecule has 16 heavy (non-hydrogen) atoms. The number of hydrogen-bond acceptors (Lipinski definition) is 3. The zero-order valence-electron chi connectivity index (χ0n) is 9.59. The maximum atomic E-state index is 13.3. The van der Waals surface area contributed by atoms with Crippen LogP contribution in [-0.2, 0) is 0 Å². The lowest BCUT2D eigenvalue weighted by Crippen LogP contribution is -2.43. The van der Waals surface area contributed by atoms with Gasteiger partial charge in [0.2, 0.25) is 0 Å². The summed E-state index contributed by atoms with van der Waals surface area (Å²) in [6.07, 6.45) is 0. The molecule has 2 unspecified atom stereocenters. The number of rotatable bonds is 2. The molecule has 1 aromatic carbocycles. The molecular weight excluding hydrogens is 207 g/mol.